The highest BCUT2D eigenvalue weighted by atomic mass is 32.2. The predicted molar refractivity (Wildman–Crippen MR) is 147 cm³/mol. The molecule has 2 aliphatic rings. The topological polar surface area (TPSA) is 94.0 Å². The lowest BCUT2D eigenvalue weighted by Crippen LogP contribution is -2.50. The van der Waals surface area contributed by atoms with E-state index < -0.39 is 32.5 Å². The van der Waals surface area contributed by atoms with Gasteiger partial charge in [0, 0.05) is 38.7 Å². The van der Waals surface area contributed by atoms with Crippen molar-refractivity contribution in [2.45, 2.75) is 44.5 Å². The maximum atomic E-state index is 14.0. The van der Waals surface area contributed by atoms with E-state index >= 15 is 0 Å². The third-order valence-corrected chi connectivity index (χ3v) is 9.70. The molecule has 0 spiro atoms. The molecule has 0 N–H and O–H groups in total. The molecular weight excluding hydrogens is 542 g/mol. The number of aromatic nitrogens is 2. The average Bonchev–Trinajstić information content (AvgIpc) is 2.93. The number of anilines is 1. The van der Waals surface area contributed by atoms with Crippen LogP contribution < -0.4 is 19.9 Å². The molecule has 1 saturated heterocycles. The number of aryl methyl sites for hydroxylation is 1. The molecule has 1 aliphatic carbocycles. The number of methoxy groups -OCH3 is 1. The van der Waals surface area contributed by atoms with E-state index in [0.717, 1.165) is 46.2 Å². The van der Waals surface area contributed by atoms with Crippen molar-refractivity contribution in [2.24, 2.45) is 0 Å². The van der Waals surface area contributed by atoms with Crippen molar-refractivity contribution >= 4 is 15.7 Å². The Labute approximate surface area is 232 Å². The molecular formula is C28H32F2N4O5S. The first-order chi connectivity index (χ1) is 19.1. The molecule has 40 heavy (non-hydrogen) atoms. The summed E-state index contributed by atoms with van der Waals surface area (Å²) >= 11 is 0. The fourth-order valence-electron chi connectivity index (χ4n) is 5.18. The molecule has 1 unspecified atom stereocenters. The van der Waals surface area contributed by atoms with Gasteiger partial charge in [0.05, 0.1) is 24.2 Å². The van der Waals surface area contributed by atoms with Gasteiger partial charge in [0.15, 0.2) is 0 Å². The Morgan fingerprint density at radius 2 is 1.70 bits per heavy atom. The zero-order chi connectivity index (χ0) is 28.6. The van der Waals surface area contributed by atoms with Gasteiger partial charge in [-0.3, -0.25) is 4.79 Å². The quantitative estimate of drug-likeness (QED) is 0.428. The highest BCUT2D eigenvalue weighted by Crippen LogP contribution is 2.32. The molecule has 1 aromatic heterocycles. The smallest absolute Gasteiger partial charge is 0.316 e. The van der Waals surface area contributed by atoms with E-state index in [4.69, 9.17) is 9.47 Å². The summed E-state index contributed by atoms with van der Waals surface area (Å²) in [5.41, 5.74) is 1.95. The number of hydrogen-bond donors (Lipinski definition) is 0. The monoisotopic (exact) mass is 574 g/mol. The van der Waals surface area contributed by atoms with Crippen LogP contribution in [0.1, 0.15) is 31.4 Å². The molecule has 9 nitrogen and oxygen atoms in total. The number of hydrogen-bond acceptors (Lipinski definition) is 7. The maximum Gasteiger partial charge on any atom is 0.316 e. The standard InChI is InChI=1S/C28H32F2N4O5S/c1-18(2)40(36,37)33-10-8-32(9-11-33)26-17-31-34(23-15-21(29)14-22(30)16-23)28(35)27(26)39-25-7-5-19-12-24(38-3)6-4-20(19)13-25/h4,6,12,14-18,25H,5,7-11,13H2,1-3H3. The zero-order valence-corrected chi connectivity index (χ0v) is 23.5. The molecule has 1 fully saturated rings. The van der Waals surface area contributed by atoms with Crippen LogP contribution in [0.25, 0.3) is 5.69 Å². The van der Waals surface area contributed by atoms with Crippen molar-refractivity contribution in [1.29, 1.82) is 0 Å². The van der Waals surface area contributed by atoms with Gasteiger partial charge in [-0.05, 0) is 62.1 Å². The molecule has 2 heterocycles. The van der Waals surface area contributed by atoms with Crippen LogP contribution in [0.4, 0.5) is 14.5 Å². The van der Waals surface area contributed by atoms with E-state index in [1.54, 1.807) is 21.0 Å². The minimum atomic E-state index is -3.42. The van der Waals surface area contributed by atoms with E-state index in [1.165, 1.54) is 10.5 Å². The third kappa shape index (κ3) is 5.55. The summed E-state index contributed by atoms with van der Waals surface area (Å²) in [7, 11) is -1.80. The van der Waals surface area contributed by atoms with Crippen LogP contribution in [0.3, 0.4) is 0 Å². The number of fused-ring (bicyclic) bond motifs is 1. The van der Waals surface area contributed by atoms with Gasteiger partial charge in [-0.15, -0.1) is 0 Å². The van der Waals surface area contributed by atoms with Crippen LogP contribution in [0.15, 0.2) is 47.4 Å². The van der Waals surface area contributed by atoms with Crippen molar-refractivity contribution in [3.8, 4) is 17.2 Å². The molecule has 12 heteroatoms. The number of halogens is 2. The number of ether oxygens (including phenoxy) is 2. The Hall–Kier alpha value is -3.51. The van der Waals surface area contributed by atoms with Gasteiger partial charge in [0.1, 0.15) is 29.2 Å². The van der Waals surface area contributed by atoms with Crippen molar-refractivity contribution in [3.63, 3.8) is 0 Å². The first-order valence-corrected chi connectivity index (χ1v) is 14.7. The van der Waals surface area contributed by atoms with E-state index in [1.807, 2.05) is 23.1 Å². The van der Waals surface area contributed by atoms with Crippen LogP contribution in [0.2, 0.25) is 0 Å². The largest absolute Gasteiger partial charge is 0.497 e. The number of sulfonamides is 1. The van der Waals surface area contributed by atoms with Crippen LogP contribution in [-0.4, -0.2) is 67.1 Å². The van der Waals surface area contributed by atoms with E-state index in [9.17, 15) is 22.0 Å². The zero-order valence-electron chi connectivity index (χ0n) is 22.6. The van der Waals surface area contributed by atoms with E-state index in [0.29, 0.717) is 31.6 Å². The molecule has 0 amide bonds. The molecule has 1 aliphatic heterocycles. The lowest BCUT2D eigenvalue weighted by Gasteiger charge is -2.37. The summed E-state index contributed by atoms with van der Waals surface area (Å²) in [6.07, 6.45) is 3.06. The lowest BCUT2D eigenvalue weighted by atomic mass is 9.89. The Bertz CT molecular complexity index is 1550. The molecule has 0 radical (unpaired) electrons. The van der Waals surface area contributed by atoms with Gasteiger partial charge >= 0.3 is 5.56 Å². The first-order valence-electron chi connectivity index (χ1n) is 13.2. The number of nitrogens with zero attached hydrogens (tertiary/aromatic N) is 4. The molecule has 2 aromatic carbocycles. The van der Waals surface area contributed by atoms with Crippen molar-refractivity contribution in [1.82, 2.24) is 14.1 Å². The highest BCUT2D eigenvalue weighted by molar-refractivity contribution is 7.89. The summed E-state index contributed by atoms with van der Waals surface area (Å²) in [6.45, 7) is 4.44. The van der Waals surface area contributed by atoms with Crippen LogP contribution in [0, 0.1) is 11.6 Å². The second-order valence-electron chi connectivity index (χ2n) is 10.3. The fraction of sp³-hybridized carbons (Fsp3) is 0.429. The summed E-state index contributed by atoms with van der Waals surface area (Å²) in [5, 5.41) is 3.68. The Morgan fingerprint density at radius 3 is 2.35 bits per heavy atom. The predicted octanol–water partition coefficient (Wildman–Crippen LogP) is 3.32. The number of piperazine rings is 1. The van der Waals surface area contributed by atoms with Gasteiger partial charge < -0.3 is 14.4 Å². The van der Waals surface area contributed by atoms with Crippen LogP contribution in [-0.2, 0) is 22.9 Å². The van der Waals surface area contributed by atoms with Crippen molar-refractivity contribution in [2.75, 3.05) is 38.2 Å². The van der Waals surface area contributed by atoms with Gasteiger partial charge in [-0.2, -0.15) is 14.1 Å². The third-order valence-electron chi connectivity index (χ3n) is 7.42. The second kappa shape index (κ2) is 11.2. The van der Waals surface area contributed by atoms with Gasteiger partial charge in [0.2, 0.25) is 15.8 Å². The normalized spacial score (nSPS) is 18.1. The molecule has 214 valence electrons. The summed E-state index contributed by atoms with van der Waals surface area (Å²) in [5.74, 6) is -0.880. The Kier molecular flexibility index (Phi) is 7.83. The van der Waals surface area contributed by atoms with Gasteiger partial charge in [-0.1, -0.05) is 6.07 Å². The summed E-state index contributed by atoms with van der Waals surface area (Å²) < 4.78 is 67.4. The lowest BCUT2D eigenvalue weighted by molar-refractivity contribution is 0.181. The second-order valence-corrected chi connectivity index (χ2v) is 12.8. The SMILES string of the molecule is COc1ccc2c(c1)CCC(Oc1c(N3CCN(S(=O)(=O)C(C)C)CC3)cnn(-c3cc(F)cc(F)c3)c1=O)C2. The summed E-state index contributed by atoms with van der Waals surface area (Å²) in [4.78, 5) is 15.6. The van der Waals surface area contributed by atoms with E-state index in [-0.39, 0.29) is 30.6 Å². The van der Waals surface area contributed by atoms with Crippen molar-refractivity contribution < 1.29 is 26.7 Å². The maximum absolute atomic E-state index is 14.0. The number of rotatable bonds is 7. The molecule has 0 bridgehead atoms. The Balaban J connectivity index is 1.48. The van der Waals surface area contributed by atoms with Crippen molar-refractivity contribution in [3.05, 3.63) is 75.7 Å². The summed E-state index contributed by atoms with van der Waals surface area (Å²) in [6, 6.07) is 8.65. The minimum Gasteiger partial charge on any atom is -0.497 e. The highest BCUT2D eigenvalue weighted by Gasteiger charge is 2.32. The fourth-order valence-corrected chi connectivity index (χ4v) is 6.45. The molecule has 1 atom stereocenters. The minimum absolute atomic E-state index is 0.0156. The first kappa shape index (κ1) is 28.0. The molecule has 0 saturated carbocycles. The molecule has 3 aromatic rings. The van der Waals surface area contributed by atoms with E-state index in [2.05, 4.69) is 5.10 Å². The van der Waals surface area contributed by atoms with Gasteiger partial charge in [-0.25, -0.2) is 17.2 Å². The number of benzene rings is 2. The van der Waals surface area contributed by atoms with Crippen LogP contribution in [0.5, 0.6) is 11.5 Å². The van der Waals surface area contributed by atoms with Gasteiger partial charge in [0.25, 0.3) is 0 Å². The average molecular weight is 575 g/mol. The van der Waals surface area contributed by atoms with Crippen LogP contribution >= 0.6 is 0 Å². The Morgan fingerprint density at radius 1 is 1.00 bits per heavy atom. The molecule has 5 rings (SSSR count).